The molecule has 2 nitrogen and oxygen atoms in total. The molecule has 1 aromatic carbocycles. The Balaban J connectivity index is 2.25. The third-order valence-electron chi connectivity index (χ3n) is 2.51. The summed E-state index contributed by atoms with van der Waals surface area (Å²) in [6, 6.07) is 5.38. The van der Waals surface area contributed by atoms with Crippen molar-refractivity contribution in [3.63, 3.8) is 0 Å². The molecule has 1 aliphatic rings. The molecule has 3 heteroatoms. The minimum atomic E-state index is -0.0812. The molecule has 0 radical (unpaired) electrons. The van der Waals surface area contributed by atoms with Gasteiger partial charge in [0.15, 0.2) is 0 Å². The molecule has 1 aromatic rings. The number of phenols is 1. The largest absolute Gasteiger partial charge is 0.506 e. The van der Waals surface area contributed by atoms with Gasteiger partial charge in [0, 0.05) is 5.54 Å². The number of hydrogen-bond acceptors (Lipinski definition) is 2. The number of rotatable bonds is 2. The average molecular weight is 198 g/mol. The van der Waals surface area contributed by atoms with Crippen LogP contribution >= 0.6 is 11.6 Å². The van der Waals surface area contributed by atoms with Crippen molar-refractivity contribution in [3.05, 3.63) is 28.8 Å². The molecule has 1 fully saturated rings. The van der Waals surface area contributed by atoms with Crippen LogP contribution in [0.4, 0.5) is 0 Å². The van der Waals surface area contributed by atoms with E-state index in [1.54, 1.807) is 6.07 Å². The first-order valence-corrected chi connectivity index (χ1v) is 4.74. The van der Waals surface area contributed by atoms with Crippen LogP contribution in [0.15, 0.2) is 18.2 Å². The van der Waals surface area contributed by atoms with Gasteiger partial charge in [-0.1, -0.05) is 23.7 Å². The summed E-state index contributed by atoms with van der Waals surface area (Å²) in [5, 5.41) is 10.0. The van der Waals surface area contributed by atoms with Crippen molar-refractivity contribution in [2.75, 3.05) is 0 Å². The molecule has 0 unspecified atom stereocenters. The second kappa shape index (κ2) is 2.89. The molecule has 0 aliphatic heterocycles. The van der Waals surface area contributed by atoms with Gasteiger partial charge in [-0.2, -0.15) is 0 Å². The molecule has 13 heavy (non-hydrogen) atoms. The Morgan fingerprint density at radius 2 is 2.15 bits per heavy atom. The Morgan fingerprint density at radius 3 is 2.77 bits per heavy atom. The summed E-state index contributed by atoms with van der Waals surface area (Å²) in [7, 11) is 0. The third kappa shape index (κ3) is 1.79. The minimum Gasteiger partial charge on any atom is -0.506 e. The standard InChI is InChI=1S/C10H12ClNO/c11-8-3-1-2-7(9(8)13)6-10(12)4-5-10/h1-3,13H,4-6,12H2. The van der Waals surface area contributed by atoms with Crippen LogP contribution in [0.5, 0.6) is 5.75 Å². The lowest BCUT2D eigenvalue weighted by Crippen LogP contribution is -2.24. The van der Waals surface area contributed by atoms with E-state index in [-0.39, 0.29) is 11.3 Å². The second-order valence-corrected chi connectivity index (χ2v) is 4.19. The second-order valence-electron chi connectivity index (χ2n) is 3.79. The van der Waals surface area contributed by atoms with Gasteiger partial charge in [0.05, 0.1) is 5.02 Å². The molecule has 1 saturated carbocycles. The number of halogens is 1. The summed E-state index contributed by atoms with van der Waals surface area (Å²) in [5.41, 5.74) is 6.72. The van der Waals surface area contributed by atoms with E-state index in [2.05, 4.69) is 0 Å². The lowest BCUT2D eigenvalue weighted by molar-refractivity contribution is 0.464. The van der Waals surface area contributed by atoms with Crippen LogP contribution in [0.3, 0.4) is 0 Å². The zero-order valence-electron chi connectivity index (χ0n) is 7.26. The van der Waals surface area contributed by atoms with Crippen LogP contribution < -0.4 is 5.73 Å². The highest BCUT2D eigenvalue weighted by Gasteiger charge is 2.38. The van der Waals surface area contributed by atoms with Crippen molar-refractivity contribution in [3.8, 4) is 5.75 Å². The van der Waals surface area contributed by atoms with Gasteiger partial charge in [-0.15, -0.1) is 0 Å². The molecular weight excluding hydrogens is 186 g/mol. The van der Waals surface area contributed by atoms with Crippen molar-refractivity contribution in [1.29, 1.82) is 0 Å². The fraction of sp³-hybridized carbons (Fsp3) is 0.400. The predicted octanol–water partition coefficient (Wildman–Crippen LogP) is 2.08. The van der Waals surface area contributed by atoms with Crippen LogP contribution in [-0.2, 0) is 6.42 Å². The van der Waals surface area contributed by atoms with Crippen LogP contribution in [0.1, 0.15) is 18.4 Å². The van der Waals surface area contributed by atoms with E-state index >= 15 is 0 Å². The molecule has 0 heterocycles. The van der Waals surface area contributed by atoms with Gasteiger partial charge in [-0.3, -0.25) is 0 Å². The van der Waals surface area contributed by atoms with E-state index in [1.807, 2.05) is 12.1 Å². The molecular formula is C10H12ClNO. The van der Waals surface area contributed by atoms with Crippen LogP contribution in [0, 0.1) is 0 Å². The van der Waals surface area contributed by atoms with Crippen LogP contribution in [0.25, 0.3) is 0 Å². The topological polar surface area (TPSA) is 46.2 Å². The third-order valence-corrected chi connectivity index (χ3v) is 2.81. The Bertz CT molecular complexity index is 334. The summed E-state index contributed by atoms with van der Waals surface area (Å²) < 4.78 is 0. The van der Waals surface area contributed by atoms with Crippen molar-refractivity contribution in [2.45, 2.75) is 24.8 Å². The zero-order chi connectivity index (χ0) is 9.47. The van der Waals surface area contributed by atoms with Gasteiger partial charge < -0.3 is 10.8 Å². The van der Waals surface area contributed by atoms with Gasteiger partial charge in [-0.25, -0.2) is 0 Å². The van der Waals surface area contributed by atoms with Gasteiger partial charge >= 0.3 is 0 Å². The highest BCUT2D eigenvalue weighted by atomic mass is 35.5. The average Bonchev–Trinajstić information content (AvgIpc) is 2.78. The monoisotopic (exact) mass is 197 g/mol. The Kier molecular flexibility index (Phi) is 1.97. The quantitative estimate of drug-likeness (QED) is 0.763. The zero-order valence-corrected chi connectivity index (χ0v) is 8.01. The molecule has 0 aromatic heterocycles. The molecule has 3 N–H and O–H groups in total. The molecule has 0 amide bonds. The SMILES string of the molecule is NC1(Cc2cccc(Cl)c2O)CC1. The van der Waals surface area contributed by atoms with Gasteiger partial charge in [0.1, 0.15) is 5.75 Å². The Hall–Kier alpha value is -0.730. The van der Waals surface area contributed by atoms with Crippen LogP contribution in [0.2, 0.25) is 5.02 Å². The smallest absolute Gasteiger partial charge is 0.137 e. The maximum absolute atomic E-state index is 9.60. The van der Waals surface area contributed by atoms with Gasteiger partial charge in [0.2, 0.25) is 0 Å². The first-order chi connectivity index (χ1) is 6.11. The van der Waals surface area contributed by atoms with Crippen molar-refractivity contribution in [1.82, 2.24) is 0 Å². The van der Waals surface area contributed by atoms with E-state index in [4.69, 9.17) is 17.3 Å². The molecule has 70 valence electrons. The van der Waals surface area contributed by atoms with Crippen LogP contribution in [-0.4, -0.2) is 10.6 Å². The number of para-hydroxylation sites is 1. The fourth-order valence-corrected chi connectivity index (χ4v) is 1.61. The highest BCUT2D eigenvalue weighted by molar-refractivity contribution is 6.32. The van der Waals surface area contributed by atoms with Crippen molar-refractivity contribution < 1.29 is 5.11 Å². The maximum Gasteiger partial charge on any atom is 0.137 e. The molecule has 0 bridgehead atoms. The Morgan fingerprint density at radius 1 is 1.46 bits per heavy atom. The number of aromatic hydroxyl groups is 1. The Labute approximate surface area is 82.3 Å². The fourth-order valence-electron chi connectivity index (χ4n) is 1.42. The van der Waals surface area contributed by atoms with E-state index in [0.29, 0.717) is 5.02 Å². The van der Waals surface area contributed by atoms with Crippen molar-refractivity contribution >= 4 is 11.6 Å². The van der Waals surface area contributed by atoms with Gasteiger partial charge in [-0.05, 0) is 30.9 Å². The summed E-state index contributed by atoms with van der Waals surface area (Å²) in [4.78, 5) is 0. The van der Waals surface area contributed by atoms with E-state index in [9.17, 15) is 5.11 Å². The number of phenolic OH excluding ortho intramolecular Hbond substituents is 1. The number of hydrogen-bond donors (Lipinski definition) is 2. The molecule has 0 atom stereocenters. The predicted molar refractivity (Wildman–Crippen MR) is 53.0 cm³/mol. The highest BCUT2D eigenvalue weighted by Crippen LogP contribution is 2.39. The minimum absolute atomic E-state index is 0.0812. The normalized spacial score (nSPS) is 18.6. The molecule has 0 spiro atoms. The maximum atomic E-state index is 9.60. The number of nitrogens with two attached hydrogens (primary N) is 1. The van der Waals surface area contributed by atoms with E-state index in [1.165, 1.54) is 0 Å². The molecule has 0 saturated heterocycles. The lowest BCUT2D eigenvalue weighted by Gasteiger charge is -2.10. The van der Waals surface area contributed by atoms with E-state index in [0.717, 1.165) is 24.8 Å². The molecule has 1 aliphatic carbocycles. The first-order valence-electron chi connectivity index (χ1n) is 4.36. The van der Waals surface area contributed by atoms with Crippen molar-refractivity contribution in [2.24, 2.45) is 5.73 Å². The molecule has 2 rings (SSSR count). The summed E-state index contributed by atoms with van der Waals surface area (Å²) >= 11 is 5.77. The summed E-state index contributed by atoms with van der Waals surface area (Å²) in [6.45, 7) is 0. The lowest BCUT2D eigenvalue weighted by atomic mass is 10.0. The summed E-state index contributed by atoms with van der Waals surface area (Å²) in [5.74, 6) is 0.181. The van der Waals surface area contributed by atoms with Gasteiger partial charge in [0.25, 0.3) is 0 Å². The summed E-state index contributed by atoms with van der Waals surface area (Å²) in [6.07, 6.45) is 2.80. The van der Waals surface area contributed by atoms with E-state index < -0.39 is 0 Å². The number of benzene rings is 1. The first kappa shape index (κ1) is 8.85.